The van der Waals surface area contributed by atoms with E-state index in [1.807, 2.05) is 6.08 Å². The van der Waals surface area contributed by atoms with Gasteiger partial charge in [0.15, 0.2) is 11.5 Å². The number of nitrogens with zero attached hydrogens (tertiary/aromatic N) is 1. The van der Waals surface area contributed by atoms with Gasteiger partial charge in [0.05, 0.1) is 14.2 Å². The Morgan fingerprint density at radius 2 is 1.79 bits per heavy atom. The molecule has 1 saturated heterocycles. The summed E-state index contributed by atoms with van der Waals surface area (Å²) in [6, 6.07) is 11.9. The maximum Gasteiger partial charge on any atom is 0.308 e. The van der Waals surface area contributed by atoms with E-state index in [0.717, 1.165) is 38.0 Å². The molecule has 1 aliphatic heterocycles. The Kier molecular flexibility index (Phi) is 9.21. The van der Waals surface area contributed by atoms with E-state index >= 15 is 0 Å². The second-order valence-corrected chi connectivity index (χ2v) is 9.26. The number of rotatable bonds is 10. The Bertz CT molecular complexity index is 1290. The number of piperidine rings is 1. The lowest BCUT2D eigenvalue weighted by Crippen LogP contribution is -2.38. The fourth-order valence-electron chi connectivity index (χ4n) is 4.85. The lowest BCUT2D eigenvalue weighted by molar-refractivity contribution is -0.132. The zero-order valence-corrected chi connectivity index (χ0v) is 22.2. The van der Waals surface area contributed by atoms with E-state index in [2.05, 4.69) is 45.7 Å². The molecule has 38 heavy (non-hydrogen) atoms. The third-order valence-corrected chi connectivity index (χ3v) is 6.75. The molecule has 1 fully saturated rings. The second kappa shape index (κ2) is 13.0. The summed E-state index contributed by atoms with van der Waals surface area (Å²) in [4.78, 5) is 29.4. The van der Waals surface area contributed by atoms with Crippen molar-refractivity contribution in [3.05, 3.63) is 72.0 Å². The van der Waals surface area contributed by atoms with Crippen LogP contribution in [0.15, 0.2) is 60.8 Å². The minimum atomic E-state index is -0.464. The minimum absolute atomic E-state index is 0.135. The molecule has 0 atom stereocenters. The number of allylic oxidation sites excluding steroid dienone is 2. The molecule has 2 aromatic carbocycles. The topological polar surface area (TPSA) is 92.9 Å². The molecule has 0 radical (unpaired) electrons. The summed E-state index contributed by atoms with van der Waals surface area (Å²) in [6.45, 7) is 4.82. The molecular weight excluding hydrogens is 482 g/mol. The highest BCUT2D eigenvalue weighted by Gasteiger charge is 2.22. The maximum absolute atomic E-state index is 12.2. The van der Waals surface area contributed by atoms with Crippen LogP contribution in [0.2, 0.25) is 0 Å². The molecule has 3 aromatic rings. The summed E-state index contributed by atoms with van der Waals surface area (Å²) < 4.78 is 15.9. The molecule has 200 valence electrons. The highest BCUT2D eigenvalue weighted by Crippen LogP contribution is 2.39. The molecule has 0 aliphatic carbocycles. The molecule has 0 unspecified atom stereocenters. The number of methoxy groups -OCH3 is 2. The number of hydrogen-bond acceptors (Lipinski definition) is 6. The molecule has 0 bridgehead atoms. The van der Waals surface area contributed by atoms with E-state index in [0.29, 0.717) is 24.0 Å². The highest BCUT2D eigenvalue weighted by atomic mass is 16.6. The molecule has 1 aliphatic rings. The van der Waals surface area contributed by atoms with Gasteiger partial charge >= 0.3 is 5.97 Å². The largest absolute Gasteiger partial charge is 0.493 e. The standard InChI is InChI=1S/C30H35N3O5/c1-21(34)38-30-27(36-2)18-22(19-28(30)37-3)8-4-7-11-29(35)31-14-17-33-15-12-23(13-16-33)25-20-32-26-10-6-5-9-24(25)26/h4-11,18-20,23,32H,12-17H2,1-3H3,(H,31,35)/b8-4+,11-7+. The van der Waals surface area contributed by atoms with Gasteiger partial charge in [-0.1, -0.05) is 36.4 Å². The Morgan fingerprint density at radius 1 is 1.08 bits per heavy atom. The predicted octanol–water partition coefficient (Wildman–Crippen LogP) is 4.68. The molecule has 2 heterocycles. The molecule has 8 nitrogen and oxygen atoms in total. The van der Waals surface area contributed by atoms with E-state index < -0.39 is 5.97 Å². The summed E-state index contributed by atoms with van der Waals surface area (Å²) in [6.07, 6.45) is 11.2. The Hall–Kier alpha value is -4.04. The Labute approximate surface area is 223 Å². The number of nitrogens with one attached hydrogen (secondary N) is 2. The van der Waals surface area contributed by atoms with E-state index in [4.69, 9.17) is 14.2 Å². The summed E-state index contributed by atoms with van der Waals surface area (Å²) in [5.74, 6) is 0.969. The van der Waals surface area contributed by atoms with Gasteiger partial charge in [-0.3, -0.25) is 9.59 Å². The van der Waals surface area contributed by atoms with Gasteiger partial charge in [0.2, 0.25) is 11.7 Å². The lowest BCUT2D eigenvalue weighted by atomic mass is 9.89. The average molecular weight is 518 g/mol. The first-order chi connectivity index (χ1) is 18.5. The van der Waals surface area contributed by atoms with Crippen molar-refractivity contribution in [3.63, 3.8) is 0 Å². The van der Waals surface area contributed by atoms with E-state index in [1.54, 1.807) is 24.3 Å². The van der Waals surface area contributed by atoms with Gasteiger partial charge in [-0.25, -0.2) is 0 Å². The van der Waals surface area contributed by atoms with Crippen molar-refractivity contribution in [1.82, 2.24) is 15.2 Å². The summed E-state index contributed by atoms with van der Waals surface area (Å²) in [7, 11) is 2.98. The number of H-pyrrole nitrogens is 1. The first-order valence-electron chi connectivity index (χ1n) is 12.8. The Balaban J connectivity index is 1.21. The van der Waals surface area contributed by atoms with Crippen molar-refractivity contribution < 1.29 is 23.8 Å². The second-order valence-electron chi connectivity index (χ2n) is 9.26. The number of para-hydroxylation sites is 1. The minimum Gasteiger partial charge on any atom is -0.493 e. The van der Waals surface area contributed by atoms with Crippen molar-refractivity contribution in [2.75, 3.05) is 40.4 Å². The number of hydrogen-bond donors (Lipinski definition) is 2. The zero-order chi connectivity index (χ0) is 26.9. The molecular formula is C30H35N3O5. The quantitative estimate of drug-likeness (QED) is 0.176. The number of amides is 1. The van der Waals surface area contributed by atoms with E-state index in [1.165, 1.54) is 43.7 Å². The van der Waals surface area contributed by atoms with Crippen LogP contribution < -0.4 is 19.5 Å². The normalized spacial score (nSPS) is 14.8. The predicted molar refractivity (Wildman–Crippen MR) is 149 cm³/mol. The first-order valence-corrected chi connectivity index (χ1v) is 12.8. The third-order valence-electron chi connectivity index (χ3n) is 6.75. The van der Waals surface area contributed by atoms with Crippen LogP contribution in [0.4, 0.5) is 0 Å². The van der Waals surface area contributed by atoms with E-state index in [-0.39, 0.29) is 11.7 Å². The third kappa shape index (κ3) is 6.83. The van der Waals surface area contributed by atoms with Gasteiger partial charge in [-0.2, -0.15) is 0 Å². The van der Waals surface area contributed by atoms with Crippen LogP contribution >= 0.6 is 0 Å². The molecule has 0 spiro atoms. The van der Waals surface area contributed by atoms with Crippen molar-refractivity contribution in [1.29, 1.82) is 0 Å². The SMILES string of the molecule is COc1cc(/C=C/C=C/C(=O)NCCN2CCC(c3c[nH]c4ccccc34)CC2)cc(OC)c1OC(C)=O. The van der Waals surface area contributed by atoms with Crippen molar-refractivity contribution in [2.45, 2.75) is 25.7 Å². The summed E-state index contributed by atoms with van der Waals surface area (Å²) in [5, 5.41) is 4.29. The average Bonchev–Trinajstić information content (AvgIpc) is 3.36. The number of carbonyl (C=O) groups is 2. The van der Waals surface area contributed by atoms with Crippen LogP contribution in [-0.4, -0.2) is 62.2 Å². The maximum atomic E-state index is 12.2. The van der Waals surface area contributed by atoms with Crippen LogP contribution in [0.1, 0.15) is 36.8 Å². The van der Waals surface area contributed by atoms with Gasteiger partial charge in [0.1, 0.15) is 0 Å². The van der Waals surface area contributed by atoms with Gasteiger partial charge in [0.25, 0.3) is 0 Å². The van der Waals surface area contributed by atoms with E-state index in [9.17, 15) is 9.59 Å². The molecule has 2 N–H and O–H groups in total. The lowest BCUT2D eigenvalue weighted by Gasteiger charge is -2.31. The van der Waals surface area contributed by atoms with Crippen molar-refractivity contribution in [3.8, 4) is 17.2 Å². The Morgan fingerprint density at radius 3 is 2.47 bits per heavy atom. The van der Waals surface area contributed by atoms with Crippen LogP contribution in [0.25, 0.3) is 17.0 Å². The number of fused-ring (bicyclic) bond motifs is 1. The number of aromatic amines is 1. The van der Waals surface area contributed by atoms with Crippen LogP contribution in [0.5, 0.6) is 17.2 Å². The molecule has 0 saturated carbocycles. The summed E-state index contributed by atoms with van der Waals surface area (Å²) >= 11 is 0. The number of likely N-dealkylation sites (tertiary alicyclic amines) is 1. The number of aromatic nitrogens is 1. The number of esters is 1. The number of benzene rings is 2. The van der Waals surface area contributed by atoms with Crippen molar-refractivity contribution >= 4 is 28.9 Å². The highest BCUT2D eigenvalue weighted by molar-refractivity contribution is 5.88. The van der Waals surface area contributed by atoms with Gasteiger partial charge in [-0.05, 0) is 61.2 Å². The smallest absolute Gasteiger partial charge is 0.308 e. The summed E-state index contributed by atoms with van der Waals surface area (Å²) in [5.41, 5.74) is 3.40. The van der Waals surface area contributed by atoms with Crippen LogP contribution in [-0.2, 0) is 9.59 Å². The fraction of sp³-hybridized carbons (Fsp3) is 0.333. The van der Waals surface area contributed by atoms with Crippen LogP contribution in [0.3, 0.4) is 0 Å². The van der Waals surface area contributed by atoms with Gasteiger partial charge in [-0.15, -0.1) is 0 Å². The van der Waals surface area contributed by atoms with Crippen LogP contribution in [0, 0.1) is 0 Å². The zero-order valence-electron chi connectivity index (χ0n) is 22.2. The number of ether oxygens (including phenoxy) is 3. The van der Waals surface area contributed by atoms with Crippen molar-refractivity contribution in [2.24, 2.45) is 0 Å². The molecule has 1 amide bonds. The molecule has 4 rings (SSSR count). The van der Waals surface area contributed by atoms with Gasteiger partial charge in [0, 0.05) is 43.2 Å². The monoisotopic (exact) mass is 517 g/mol. The molecule has 8 heteroatoms. The van der Waals surface area contributed by atoms with Gasteiger partial charge < -0.3 is 29.4 Å². The fourth-order valence-corrected chi connectivity index (χ4v) is 4.85. The first kappa shape index (κ1) is 27.0. The molecule has 1 aromatic heterocycles. The number of carbonyl (C=O) groups excluding carboxylic acids is 2.